The molecular weight excluding hydrogens is 191 g/mol. The van der Waals surface area contributed by atoms with Gasteiger partial charge in [-0.25, -0.2) is 0 Å². The summed E-state index contributed by atoms with van der Waals surface area (Å²) in [6.07, 6.45) is 0.921. The molecule has 0 aliphatic carbocycles. The third kappa shape index (κ3) is 8.96. The molecule has 0 spiro atoms. The smallest absolute Gasteiger partial charge is 1.00 e. The van der Waals surface area contributed by atoms with Crippen LogP contribution in [0.15, 0.2) is 0 Å². The summed E-state index contributed by atoms with van der Waals surface area (Å²) in [4.78, 5) is 0. The molecule has 0 aromatic carbocycles. The fourth-order valence-electron chi connectivity index (χ4n) is 0.511. The van der Waals surface area contributed by atoms with Crippen LogP contribution in [0, 0.1) is 0 Å². The first-order chi connectivity index (χ1) is 5.12. The Kier molecular flexibility index (Phi) is 10.8. The molecule has 0 unspecified atom stereocenters. The third-order valence-corrected chi connectivity index (χ3v) is 2.33. The molecule has 0 heterocycles. The Morgan fingerprint density at radius 1 is 1.50 bits per heavy atom. The van der Waals surface area contributed by atoms with E-state index in [1.165, 1.54) is 0 Å². The number of rotatable bonds is 6. The predicted molar refractivity (Wildman–Crippen MR) is 42.8 cm³/mol. The van der Waals surface area contributed by atoms with E-state index in [9.17, 15) is 8.42 Å². The average Bonchev–Trinajstić information content (AvgIpc) is 1.97. The number of hydrogen-bond donors (Lipinski definition) is 1. The van der Waals surface area contributed by atoms with E-state index in [2.05, 4.69) is 4.18 Å². The molecule has 0 bridgehead atoms. The fraction of sp³-hybridized carbons (Fsp3) is 1.00. The second-order valence-electron chi connectivity index (χ2n) is 2.16. The van der Waals surface area contributed by atoms with Gasteiger partial charge in [0.1, 0.15) is 0 Å². The maximum Gasteiger partial charge on any atom is 1.00 e. The van der Waals surface area contributed by atoms with Gasteiger partial charge in [0.15, 0.2) is 0 Å². The van der Waals surface area contributed by atoms with Crippen LogP contribution in [-0.4, -0.2) is 32.5 Å². The van der Waals surface area contributed by atoms with Crippen molar-refractivity contribution in [3.63, 3.8) is 0 Å². The van der Waals surface area contributed by atoms with E-state index in [4.69, 9.17) is 5.11 Å². The SMILES string of the molecule is CCCOS(=O)(=O)CCCO.[H-].[Na+]. The Morgan fingerprint density at radius 2 is 2.08 bits per heavy atom. The van der Waals surface area contributed by atoms with Crippen molar-refractivity contribution < 1.29 is 48.7 Å². The van der Waals surface area contributed by atoms with Crippen LogP contribution < -0.4 is 29.6 Å². The Hall–Kier alpha value is 0.870. The minimum Gasteiger partial charge on any atom is -1.00 e. The van der Waals surface area contributed by atoms with E-state index in [-0.39, 0.29) is 56.4 Å². The molecule has 1 N–H and O–H groups in total. The van der Waals surface area contributed by atoms with Crippen LogP contribution in [0.5, 0.6) is 0 Å². The largest absolute Gasteiger partial charge is 1.00 e. The standard InChI is InChI=1S/C6H14O4S.Na.H/c1-2-5-10-11(8,9)6-3-4-7;;/h7H,2-6H2,1H3;;/q;+1;-1. The van der Waals surface area contributed by atoms with E-state index in [0.29, 0.717) is 6.42 Å². The van der Waals surface area contributed by atoms with Crippen LogP contribution in [0.3, 0.4) is 0 Å². The second kappa shape index (κ2) is 8.47. The first kappa shape index (κ1) is 15.3. The van der Waals surface area contributed by atoms with Crippen molar-refractivity contribution in [2.45, 2.75) is 19.8 Å². The monoisotopic (exact) mass is 206 g/mol. The molecular formula is C6H15NaO4S. The topological polar surface area (TPSA) is 63.6 Å². The van der Waals surface area contributed by atoms with Crippen LogP contribution in [0.1, 0.15) is 21.2 Å². The summed E-state index contributed by atoms with van der Waals surface area (Å²) in [5.74, 6) is -0.0938. The zero-order valence-corrected chi connectivity index (χ0v) is 10.4. The van der Waals surface area contributed by atoms with Crippen LogP contribution in [-0.2, 0) is 14.3 Å². The van der Waals surface area contributed by atoms with E-state index in [1.54, 1.807) is 0 Å². The maximum absolute atomic E-state index is 10.8. The number of aliphatic hydroxyl groups excluding tert-OH is 1. The van der Waals surface area contributed by atoms with Crippen molar-refractivity contribution in [3.05, 3.63) is 0 Å². The van der Waals surface area contributed by atoms with E-state index < -0.39 is 10.1 Å². The molecule has 0 amide bonds. The summed E-state index contributed by atoms with van der Waals surface area (Å²) in [5.41, 5.74) is 0. The molecule has 0 aromatic heterocycles. The zero-order chi connectivity index (χ0) is 8.74. The molecule has 0 aliphatic heterocycles. The Morgan fingerprint density at radius 3 is 2.50 bits per heavy atom. The molecule has 0 atom stereocenters. The normalized spacial score (nSPS) is 10.8. The van der Waals surface area contributed by atoms with Crippen LogP contribution in [0.25, 0.3) is 0 Å². The summed E-state index contributed by atoms with van der Waals surface area (Å²) in [6.45, 7) is 1.95. The van der Waals surface area contributed by atoms with Gasteiger partial charge in [0.05, 0.1) is 12.4 Å². The van der Waals surface area contributed by atoms with Crippen molar-refractivity contribution in [3.8, 4) is 0 Å². The van der Waals surface area contributed by atoms with Gasteiger partial charge in [-0.3, -0.25) is 4.18 Å². The van der Waals surface area contributed by atoms with Gasteiger partial charge in [0.2, 0.25) is 0 Å². The van der Waals surface area contributed by atoms with Crippen molar-refractivity contribution in [2.24, 2.45) is 0 Å². The molecule has 70 valence electrons. The van der Waals surface area contributed by atoms with Crippen molar-refractivity contribution >= 4 is 10.1 Å². The molecule has 0 radical (unpaired) electrons. The summed E-state index contributed by atoms with van der Waals surface area (Å²) >= 11 is 0. The third-order valence-electron chi connectivity index (χ3n) is 1.02. The van der Waals surface area contributed by atoms with Crippen LogP contribution >= 0.6 is 0 Å². The molecule has 0 aliphatic rings. The first-order valence-electron chi connectivity index (χ1n) is 3.60. The van der Waals surface area contributed by atoms with Crippen molar-refractivity contribution in [2.75, 3.05) is 19.0 Å². The molecule has 6 heteroatoms. The molecule has 0 aromatic rings. The fourth-order valence-corrected chi connectivity index (χ4v) is 1.53. The summed E-state index contributed by atoms with van der Waals surface area (Å²) in [7, 11) is -3.37. The molecule has 12 heavy (non-hydrogen) atoms. The average molecular weight is 206 g/mol. The quantitative estimate of drug-likeness (QED) is 0.378. The van der Waals surface area contributed by atoms with Crippen LogP contribution in [0.2, 0.25) is 0 Å². The van der Waals surface area contributed by atoms with E-state index >= 15 is 0 Å². The van der Waals surface area contributed by atoms with Gasteiger partial charge in [-0.2, -0.15) is 8.42 Å². The van der Waals surface area contributed by atoms with Crippen molar-refractivity contribution in [1.29, 1.82) is 0 Å². The van der Waals surface area contributed by atoms with Gasteiger partial charge in [0, 0.05) is 6.61 Å². The summed E-state index contributed by atoms with van der Waals surface area (Å²) in [6, 6.07) is 0. The Balaban J connectivity index is -0.000000500. The minimum absolute atomic E-state index is 0. The predicted octanol–water partition coefficient (Wildman–Crippen LogP) is -2.76. The van der Waals surface area contributed by atoms with Gasteiger partial charge in [0.25, 0.3) is 10.1 Å². The van der Waals surface area contributed by atoms with Crippen molar-refractivity contribution in [1.82, 2.24) is 0 Å². The van der Waals surface area contributed by atoms with Gasteiger partial charge in [-0.05, 0) is 12.8 Å². The maximum atomic E-state index is 10.8. The second-order valence-corrected chi connectivity index (χ2v) is 3.92. The number of hydrogen-bond acceptors (Lipinski definition) is 4. The zero-order valence-electron chi connectivity index (χ0n) is 8.62. The molecule has 0 saturated carbocycles. The van der Waals surface area contributed by atoms with Crippen LogP contribution in [0.4, 0.5) is 0 Å². The summed E-state index contributed by atoms with van der Waals surface area (Å²) < 4.78 is 26.2. The summed E-state index contributed by atoms with van der Waals surface area (Å²) in [5, 5.41) is 8.34. The van der Waals surface area contributed by atoms with E-state index in [1.807, 2.05) is 6.92 Å². The molecule has 0 fully saturated rings. The molecule has 0 rings (SSSR count). The van der Waals surface area contributed by atoms with Gasteiger partial charge in [-0.15, -0.1) is 0 Å². The van der Waals surface area contributed by atoms with Gasteiger partial charge in [-0.1, -0.05) is 6.92 Å². The van der Waals surface area contributed by atoms with E-state index in [0.717, 1.165) is 0 Å². The molecule has 4 nitrogen and oxygen atoms in total. The first-order valence-corrected chi connectivity index (χ1v) is 5.18. The number of aliphatic hydroxyl groups is 1. The Bertz CT molecular complexity index is 169. The Labute approximate surface area is 97.2 Å². The van der Waals surface area contributed by atoms with Gasteiger partial charge >= 0.3 is 29.6 Å². The molecule has 0 saturated heterocycles. The van der Waals surface area contributed by atoms with Gasteiger partial charge < -0.3 is 6.53 Å². The minimum atomic E-state index is -3.37.